The highest BCUT2D eigenvalue weighted by molar-refractivity contribution is 6.30. The largest absolute Gasteiger partial charge is 0.356 e. The molecular weight excluding hydrogens is 258 g/mol. The van der Waals surface area contributed by atoms with Crippen molar-refractivity contribution in [3.05, 3.63) is 17.0 Å². The fourth-order valence-corrected chi connectivity index (χ4v) is 3.00. The summed E-state index contributed by atoms with van der Waals surface area (Å²) in [6, 6.07) is 0. The molecule has 1 unspecified atom stereocenters. The van der Waals surface area contributed by atoms with Crippen LogP contribution in [0, 0.1) is 11.3 Å². The van der Waals surface area contributed by atoms with Crippen molar-refractivity contribution in [3.63, 3.8) is 0 Å². The fourth-order valence-electron chi connectivity index (χ4n) is 2.78. The number of rotatable bonds is 3. The molecule has 1 aliphatic rings. The number of hydrogen-bond acceptors (Lipinski definition) is 3. The molecule has 0 saturated carbocycles. The summed E-state index contributed by atoms with van der Waals surface area (Å²) in [5.41, 5.74) is 1.47. The van der Waals surface area contributed by atoms with Crippen LogP contribution in [0.5, 0.6) is 0 Å². The van der Waals surface area contributed by atoms with Crippen LogP contribution in [0.15, 0.2) is 6.33 Å². The number of halogens is 1. The summed E-state index contributed by atoms with van der Waals surface area (Å²) >= 11 is 6.24. The third-order valence-corrected chi connectivity index (χ3v) is 4.41. The van der Waals surface area contributed by atoms with Gasteiger partial charge in [0, 0.05) is 18.7 Å². The Labute approximate surface area is 121 Å². The summed E-state index contributed by atoms with van der Waals surface area (Å²) in [4.78, 5) is 11.0. The van der Waals surface area contributed by atoms with Crippen LogP contribution in [-0.2, 0) is 6.42 Å². The van der Waals surface area contributed by atoms with Gasteiger partial charge in [-0.15, -0.1) is 0 Å². The lowest BCUT2D eigenvalue weighted by Crippen LogP contribution is -2.27. The second-order valence-electron chi connectivity index (χ2n) is 6.51. The minimum Gasteiger partial charge on any atom is -0.356 e. The normalized spacial score (nSPS) is 20.1. The average Bonchev–Trinajstić information content (AvgIpc) is 2.81. The molecule has 1 atom stereocenters. The van der Waals surface area contributed by atoms with Gasteiger partial charge in [-0.25, -0.2) is 9.97 Å². The van der Waals surface area contributed by atoms with Crippen LogP contribution in [-0.4, -0.2) is 23.1 Å². The SMILES string of the molecule is CCCc1c(Cl)ncnc1N1CCC(C(C)(C)C)C1. The molecule has 1 fully saturated rings. The van der Waals surface area contributed by atoms with Crippen LogP contribution in [0.25, 0.3) is 0 Å². The van der Waals surface area contributed by atoms with Crippen LogP contribution >= 0.6 is 11.6 Å². The average molecular weight is 282 g/mol. The molecule has 0 bridgehead atoms. The number of anilines is 1. The zero-order valence-electron chi connectivity index (χ0n) is 12.4. The van der Waals surface area contributed by atoms with Crippen molar-refractivity contribution in [1.29, 1.82) is 0 Å². The minimum atomic E-state index is 0.358. The summed E-state index contributed by atoms with van der Waals surface area (Å²) in [7, 11) is 0. The molecular formula is C15H24ClN3. The predicted octanol–water partition coefficient (Wildman–Crippen LogP) is 3.95. The molecule has 1 aromatic rings. The Balaban J connectivity index is 2.22. The maximum atomic E-state index is 6.24. The van der Waals surface area contributed by atoms with E-state index < -0.39 is 0 Å². The zero-order valence-corrected chi connectivity index (χ0v) is 13.2. The monoisotopic (exact) mass is 281 g/mol. The third kappa shape index (κ3) is 3.19. The first-order valence-electron chi connectivity index (χ1n) is 7.17. The highest BCUT2D eigenvalue weighted by atomic mass is 35.5. The van der Waals surface area contributed by atoms with Crippen molar-refractivity contribution >= 4 is 17.4 Å². The molecule has 2 rings (SSSR count). The van der Waals surface area contributed by atoms with Gasteiger partial charge in [0.25, 0.3) is 0 Å². The van der Waals surface area contributed by atoms with E-state index >= 15 is 0 Å². The molecule has 0 amide bonds. The minimum absolute atomic E-state index is 0.358. The lowest BCUT2D eigenvalue weighted by Gasteiger charge is -2.27. The van der Waals surface area contributed by atoms with E-state index in [1.165, 1.54) is 6.42 Å². The van der Waals surface area contributed by atoms with Crippen LogP contribution < -0.4 is 4.90 Å². The van der Waals surface area contributed by atoms with Crippen molar-refractivity contribution < 1.29 is 0 Å². The first-order valence-corrected chi connectivity index (χ1v) is 7.55. The summed E-state index contributed by atoms with van der Waals surface area (Å²) in [5, 5.41) is 0.617. The van der Waals surface area contributed by atoms with Crippen molar-refractivity contribution in [2.24, 2.45) is 11.3 Å². The molecule has 0 aliphatic carbocycles. The molecule has 0 aromatic carbocycles. The van der Waals surface area contributed by atoms with Gasteiger partial charge >= 0.3 is 0 Å². The lowest BCUT2D eigenvalue weighted by atomic mass is 9.80. The number of nitrogens with zero attached hydrogens (tertiary/aromatic N) is 3. The van der Waals surface area contributed by atoms with Crippen LogP contribution in [0.4, 0.5) is 5.82 Å². The van der Waals surface area contributed by atoms with Gasteiger partial charge in [-0.1, -0.05) is 45.7 Å². The summed E-state index contributed by atoms with van der Waals surface area (Å²) in [5.74, 6) is 1.77. The van der Waals surface area contributed by atoms with E-state index in [4.69, 9.17) is 11.6 Å². The van der Waals surface area contributed by atoms with Gasteiger partial charge < -0.3 is 4.90 Å². The molecule has 19 heavy (non-hydrogen) atoms. The van der Waals surface area contributed by atoms with E-state index in [9.17, 15) is 0 Å². The highest BCUT2D eigenvalue weighted by Crippen LogP contribution is 2.36. The smallest absolute Gasteiger partial charge is 0.137 e. The van der Waals surface area contributed by atoms with Crippen LogP contribution in [0.3, 0.4) is 0 Å². The van der Waals surface area contributed by atoms with E-state index in [1.807, 2.05) is 0 Å². The summed E-state index contributed by atoms with van der Waals surface area (Å²) in [6.45, 7) is 11.3. The van der Waals surface area contributed by atoms with E-state index in [1.54, 1.807) is 6.33 Å². The molecule has 1 aromatic heterocycles. The Hall–Kier alpha value is -0.830. The van der Waals surface area contributed by atoms with Gasteiger partial charge in [-0.3, -0.25) is 0 Å². The van der Waals surface area contributed by atoms with Crippen molar-refractivity contribution in [2.45, 2.75) is 47.0 Å². The quantitative estimate of drug-likeness (QED) is 0.786. The number of hydrogen-bond donors (Lipinski definition) is 0. The molecule has 1 aliphatic heterocycles. The van der Waals surface area contributed by atoms with Crippen LogP contribution in [0.2, 0.25) is 5.15 Å². The second kappa shape index (κ2) is 5.66. The standard InChI is InChI=1S/C15H24ClN3/c1-5-6-12-13(16)17-10-18-14(12)19-8-7-11(9-19)15(2,3)4/h10-11H,5-9H2,1-4H3. The fraction of sp³-hybridized carbons (Fsp3) is 0.733. The summed E-state index contributed by atoms with van der Waals surface area (Å²) in [6.07, 6.45) is 4.83. The first kappa shape index (κ1) is 14.6. The maximum Gasteiger partial charge on any atom is 0.137 e. The molecule has 4 heteroatoms. The van der Waals surface area contributed by atoms with Gasteiger partial charge in [0.1, 0.15) is 17.3 Å². The number of aromatic nitrogens is 2. The molecule has 1 saturated heterocycles. The van der Waals surface area contributed by atoms with E-state index in [-0.39, 0.29) is 0 Å². The Bertz CT molecular complexity index is 440. The van der Waals surface area contributed by atoms with Crippen molar-refractivity contribution in [3.8, 4) is 0 Å². The molecule has 0 radical (unpaired) electrons. The van der Waals surface area contributed by atoms with Gasteiger partial charge in [0.05, 0.1) is 0 Å². The van der Waals surface area contributed by atoms with Gasteiger partial charge in [0.2, 0.25) is 0 Å². The van der Waals surface area contributed by atoms with E-state index in [2.05, 4.69) is 42.6 Å². The zero-order chi connectivity index (χ0) is 14.0. The molecule has 106 valence electrons. The van der Waals surface area contributed by atoms with Gasteiger partial charge in [0.15, 0.2) is 0 Å². The Kier molecular flexibility index (Phi) is 4.34. The van der Waals surface area contributed by atoms with Crippen molar-refractivity contribution in [2.75, 3.05) is 18.0 Å². The third-order valence-electron chi connectivity index (χ3n) is 4.08. The van der Waals surface area contributed by atoms with Crippen molar-refractivity contribution in [1.82, 2.24) is 9.97 Å². The lowest BCUT2D eigenvalue weighted by molar-refractivity contribution is 0.263. The van der Waals surface area contributed by atoms with Gasteiger partial charge in [-0.2, -0.15) is 0 Å². The Morgan fingerprint density at radius 3 is 2.68 bits per heavy atom. The predicted molar refractivity (Wildman–Crippen MR) is 80.8 cm³/mol. The maximum absolute atomic E-state index is 6.24. The molecule has 0 N–H and O–H groups in total. The van der Waals surface area contributed by atoms with E-state index in [0.717, 1.165) is 43.2 Å². The molecule has 2 heterocycles. The highest BCUT2D eigenvalue weighted by Gasteiger charge is 2.33. The second-order valence-corrected chi connectivity index (χ2v) is 6.87. The van der Waals surface area contributed by atoms with Crippen LogP contribution in [0.1, 0.15) is 46.1 Å². The molecule has 3 nitrogen and oxygen atoms in total. The molecule has 0 spiro atoms. The summed E-state index contributed by atoms with van der Waals surface area (Å²) < 4.78 is 0. The van der Waals surface area contributed by atoms with E-state index in [0.29, 0.717) is 10.6 Å². The Morgan fingerprint density at radius 1 is 1.37 bits per heavy atom. The Morgan fingerprint density at radius 2 is 2.11 bits per heavy atom. The van der Waals surface area contributed by atoms with Gasteiger partial charge in [-0.05, 0) is 24.2 Å². The topological polar surface area (TPSA) is 29.0 Å². The first-order chi connectivity index (χ1) is 8.93.